The largest absolute Gasteiger partial charge is 0.356 e. The second-order valence-corrected chi connectivity index (χ2v) is 3.56. The molecule has 0 aromatic carbocycles. The number of rotatable bonds is 3. The van der Waals surface area contributed by atoms with Gasteiger partial charge in [-0.15, -0.1) is 0 Å². The Morgan fingerprint density at radius 1 is 1.55 bits per heavy atom. The summed E-state index contributed by atoms with van der Waals surface area (Å²) < 4.78 is 0. The lowest BCUT2D eigenvalue weighted by molar-refractivity contribution is -0.119. The smallest absolute Gasteiger partial charge is 0.220 e. The summed E-state index contributed by atoms with van der Waals surface area (Å²) in [5.41, 5.74) is 0. The summed E-state index contributed by atoms with van der Waals surface area (Å²) in [5, 5.41) is 6.26. The van der Waals surface area contributed by atoms with Crippen LogP contribution in [0.25, 0.3) is 0 Å². The molecule has 62 valence electrons. The van der Waals surface area contributed by atoms with Gasteiger partial charge in [0.1, 0.15) is 0 Å². The van der Waals surface area contributed by atoms with Gasteiger partial charge in [0.05, 0.1) is 0 Å². The molecule has 1 saturated heterocycles. The minimum Gasteiger partial charge on any atom is -0.356 e. The predicted molar refractivity (Wildman–Crippen MR) is 42.1 cm³/mol. The maximum absolute atomic E-state index is 10.8. The Kier molecular flexibility index (Phi) is 1.82. The Morgan fingerprint density at radius 3 is 2.91 bits per heavy atom. The van der Waals surface area contributed by atoms with Gasteiger partial charge < -0.3 is 10.6 Å². The number of hydrogen-bond donors (Lipinski definition) is 2. The van der Waals surface area contributed by atoms with E-state index >= 15 is 0 Å². The Balaban J connectivity index is 1.65. The number of carbonyl (C=O) groups is 1. The lowest BCUT2D eigenvalue weighted by Crippen LogP contribution is -2.25. The topological polar surface area (TPSA) is 41.1 Å². The third kappa shape index (κ3) is 1.93. The molecular weight excluding hydrogens is 140 g/mol. The summed E-state index contributed by atoms with van der Waals surface area (Å²) in [5.74, 6) is 0.760. The highest BCUT2D eigenvalue weighted by Crippen LogP contribution is 2.19. The molecule has 3 heteroatoms. The molecule has 0 radical (unpaired) electrons. The van der Waals surface area contributed by atoms with E-state index in [1.165, 1.54) is 12.8 Å². The van der Waals surface area contributed by atoms with Gasteiger partial charge in [0, 0.05) is 25.6 Å². The summed E-state index contributed by atoms with van der Waals surface area (Å²) in [6.45, 7) is 1.89. The molecular formula is C8H14N2O. The molecule has 3 nitrogen and oxygen atoms in total. The Bertz CT molecular complexity index is 165. The molecule has 1 aliphatic carbocycles. The van der Waals surface area contributed by atoms with Crippen LogP contribution >= 0.6 is 0 Å². The first-order valence-corrected chi connectivity index (χ1v) is 4.34. The van der Waals surface area contributed by atoms with Crippen molar-refractivity contribution in [3.8, 4) is 0 Å². The van der Waals surface area contributed by atoms with Crippen LogP contribution in [0.3, 0.4) is 0 Å². The first-order chi connectivity index (χ1) is 5.34. The van der Waals surface area contributed by atoms with E-state index < -0.39 is 0 Å². The average molecular weight is 154 g/mol. The summed E-state index contributed by atoms with van der Waals surface area (Å²) >= 11 is 0. The van der Waals surface area contributed by atoms with E-state index in [4.69, 9.17) is 0 Å². The SMILES string of the molecule is O=C1CC(CNC2CC2)CN1. The maximum Gasteiger partial charge on any atom is 0.220 e. The van der Waals surface area contributed by atoms with Crippen molar-refractivity contribution < 1.29 is 4.79 Å². The highest BCUT2D eigenvalue weighted by molar-refractivity contribution is 5.78. The van der Waals surface area contributed by atoms with Gasteiger partial charge in [-0.2, -0.15) is 0 Å². The van der Waals surface area contributed by atoms with E-state index in [0.29, 0.717) is 5.92 Å². The zero-order valence-electron chi connectivity index (χ0n) is 6.60. The lowest BCUT2D eigenvalue weighted by Gasteiger charge is -2.06. The van der Waals surface area contributed by atoms with Gasteiger partial charge in [-0.25, -0.2) is 0 Å². The van der Waals surface area contributed by atoms with Gasteiger partial charge in [-0.3, -0.25) is 4.79 Å². The molecule has 1 unspecified atom stereocenters. The van der Waals surface area contributed by atoms with Gasteiger partial charge >= 0.3 is 0 Å². The van der Waals surface area contributed by atoms with E-state index in [1.54, 1.807) is 0 Å². The molecule has 2 aliphatic rings. The van der Waals surface area contributed by atoms with Crippen LogP contribution < -0.4 is 10.6 Å². The maximum atomic E-state index is 10.8. The van der Waals surface area contributed by atoms with Crippen molar-refractivity contribution in [2.45, 2.75) is 25.3 Å². The second kappa shape index (κ2) is 2.81. The van der Waals surface area contributed by atoms with Crippen LogP contribution in [0.5, 0.6) is 0 Å². The molecule has 1 amide bonds. The van der Waals surface area contributed by atoms with Gasteiger partial charge in [0.15, 0.2) is 0 Å². The number of amides is 1. The van der Waals surface area contributed by atoms with Crippen LogP contribution in [0.15, 0.2) is 0 Å². The molecule has 11 heavy (non-hydrogen) atoms. The monoisotopic (exact) mass is 154 g/mol. The van der Waals surface area contributed by atoms with Crippen molar-refractivity contribution in [2.75, 3.05) is 13.1 Å². The lowest BCUT2D eigenvalue weighted by atomic mass is 10.1. The van der Waals surface area contributed by atoms with Crippen LogP contribution in [-0.2, 0) is 4.79 Å². The van der Waals surface area contributed by atoms with Crippen LogP contribution in [0.4, 0.5) is 0 Å². The predicted octanol–water partition coefficient (Wildman–Crippen LogP) is -0.126. The fourth-order valence-electron chi connectivity index (χ4n) is 1.43. The fourth-order valence-corrected chi connectivity index (χ4v) is 1.43. The molecule has 0 spiro atoms. The molecule has 2 rings (SSSR count). The van der Waals surface area contributed by atoms with E-state index in [9.17, 15) is 4.79 Å². The molecule has 1 aliphatic heterocycles. The van der Waals surface area contributed by atoms with Crippen molar-refractivity contribution in [1.29, 1.82) is 0 Å². The number of carbonyl (C=O) groups excluding carboxylic acids is 1. The van der Waals surface area contributed by atoms with E-state index in [1.807, 2.05) is 0 Å². The first-order valence-electron chi connectivity index (χ1n) is 4.34. The van der Waals surface area contributed by atoms with Crippen molar-refractivity contribution in [2.24, 2.45) is 5.92 Å². The van der Waals surface area contributed by atoms with E-state index in [2.05, 4.69) is 10.6 Å². The van der Waals surface area contributed by atoms with Crippen LogP contribution in [0.1, 0.15) is 19.3 Å². The van der Waals surface area contributed by atoms with Crippen molar-refractivity contribution >= 4 is 5.91 Å². The summed E-state index contributed by atoms with van der Waals surface area (Å²) in [6.07, 6.45) is 3.38. The summed E-state index contributed by atoms with van der Waals surface area (Å²) in [7, 11) is 0. The molecule has 2 fully saturated rings. The standard InChI is InChI=1S/C8H14N2O/c11-8-3-6(5-10-8)4-9-7-1-2-7/h6-7,9H,1-5H2,(H,10,11). The fraction of sp³-hybridized carbons (Fsp3) is 0.875. The third-order valence-corrected chi connectivity index (χ3v) is 2.33. The quantitative estimate of drug-likeness (QED) is 0.594. The van der Waals surface area contributed by atoms with Gasteiger partial charge in [0.25, 0.3) is 0 Å². The molecule has 0 aromatic rings. The molecule has 1 heterocycles. The first kappa shape index (κ1) is 7.10. The van der Waals surface area contributed by atoms with Gasteiger partial charge in [-0.05, 0) is 18.8 Å². The summed E-state index contributed by atoms with van der Waals surface area (Å²) in [6, 6.07) is 0.769. The van der Waals surface area contributed by atoms with E-state index in [0.717, 1.165) is 25.6 Å². The second-order valence-electron chi connectivity index (χ2n) is 3.56. The van der Waals surface area contributed by atoms with Crippen molar-refractivity contribution in [3.05, 3.63) is 0 Å². The summed E-state index contributed by atoms with van der Waals surface area (Å²) in [4.78, 5) is 10.8. The highest BCUT2D eigenvalue weighted by atomic mass is 16.1. The van der Waals surface area contributed by atoms with Gasteiger partial charge in [0.2, 0.25) is 5.91 Å². The Morgan fingerprint density at radius 2 is 2.36 bits per heavy atom. The zero-order valence-corrected chi connectivity index (χ0v) is 6.60. The zero-order chi connectivity index (χ0) is 7.68. The van der Waals surface area contributed by atoms with Gasteiger partial charge in [-0.1, -0.05) is 0 Å². The number of nitrogens with one attached hydrogen (secondary N) is 2. The molecule has 0 bridgehead atoms. The van der Waals surface area contributed by atoms with Crippen LogP contribution in [0.2, 0.25) is 0 Å². The Labute approximate surface area is 66.5 Å². The molecule has 2 N–H and O–H groups in total. The van der Waals surface area contributed by atoms with E-state index in [-0.39, 0.29) is 5.91 Å². The minimum atomic E-state index is 0.215. The minimum absolute atomic E-state index is 0.215. The van der Waals surface area contributed by atoms with Crippen molar-refractivity contribution in [1.82, 2.24) is 10.6 Å². The Hall–Kier alpha value is -0.570. The molecule has 1 saturated carbocycles. The third-order valence-electron chi connectivity index (χ3n) is 2.33. The average Bonchev–Trinajstić information content (AvgIpc) is 2.72. The van der Waals surface area contributed by atoms with Crippen LogP contribution in [-0.4, -0.2) is 25.0 Å². The van der Waals surface area contributed by atoms with Crippen LogP contribution in [0, 0.1) is 5.92 Å². The molecule has 0 aromatic heterocycles. The highest BCUT2D eigenvalue weighted by Gasteiger charge is 2.25. The molecule has 1 atom stereocenters. The number of hydrogen-bond acceptors (Lipinski definition) is 2. The van der Waals surface area contributed by atoms with Crippen molar-refractivity contribution in [3.63, 3.8) is 0 Å². The normalized spacial score (nSPS) is 30.5.